The van der Waals surface area contributed by atoms with Crippen LogP contribution in [0.4, 0.5) is 5.69 Å². The van der Waals surface area contributed by atoms with E-state index in [4.69, 9.17) is 0 Å². The number of rotatable bonds is 6. The van der Waals surface area contributed by atoms with Crippen molar-refractivity contribution in [1.29, 1.82) is 0 Å². The van der Waals surface area contributed by atoms with Gasteiger partial charge in [-0.25, -0.2) is 0 Å². The molecule has 0 bridgehead atoms. The molecule has 0 radical (unpaired) electrons. The van der Waals surface area contributed by atoms with Crippen molar-refractivity contribution < 1.29 is 19.6 Å². The monoisotopic (exact) mass is 352 g/mol. The average molecular weight is 352 g/mol. The first-order valence-corrected chi connectivity index (χ1v) is 8.38. The predicted octanol–water partition coefficient (Wildman–Crippen LogP) is 1.95. The quantitative estimate of drug-likeness (QED) is 0.595. The van der Waals surface area contributed by atoms with Gasteiger partial charge in [-0.15, -0.1) is 0 Å². The van der Waals surface area contributed by atoms with E-state index in [1.165, 1.54) is 4.68 Å². The number of hydrogen-bond acceptors (Lipinski definition) is 5. The fourth-order valence-corrected chi connectivity index (χ4v) is 3.64. The van der Waals surface area contributed by atoms with E-state index in [-0.39, 0.29) is 24.6 Å². The molecule has 1 aromatic rings. The van der Waals surface area contributed by atoms with E-state index in [9.17, 15) is 24.8 Å². The number of aliphatic carboxylic acids is 1. The summed E-state index contributed by atoms with van der Waals surface area (Å²) >= 11 is 0. The molecule has 0 aliphatic heterocycles. The molecule has 1 heterocycles. The lowest BCUT2D eigenvalue weighted by molar-refractivity contribution is -0.386. The summed E-state index contributed by atoms with van der Waals surface area (Å²) in [7, 11) is 0. The van der Waals surface area contributed by atoms with Crippen molar-refractivity contribution in [3.8, 4) is 0 Å². The van der Waals surface area contributed by atoms with Crippen LogP contribution in [-0.2, 0) is 16.1 Å². The van der Waals surface area contributed by atoms with Gasteiger partial charge in [-0.2, -0.15) is 5.10 Å². The molecule has 138 valence electrons. The Labute approximate surface area is 145 Å². The lowest BCUT2D eigenvalue weighted by Gasteiger charge is -2.39. The van der Waals surface area contributed by atoms with Crippen molar-refractivity contribution in [3.63, 3.8) is 0 Å². The number of hydrogen-bond donors (Lipinski definition) is 2. The minimum atomic E-state index is -0.892. The lowest BCUT2D eigenvalue weighted by atomic mass is 9.74. The van der Waals surface area contributed by atoms with Gasteiger partial charge in [-0.05, 0) is 33.6 Å². The van der Waals surface area contributed by atoms with Crippen molar-refractivity contribution in [1.82, 2.24) is 15.1 Å². The van der Waals surface area contributed by atoms with Crippen LogP contribution >= 0.6 is 0 Å². The summed E-state index contributed by atoms with van der Waals surface area (Å²) in [5.74, 6) is -1.76. The zero-order valence-electron chi connectivity index (χ0n) is 14.7. The first-order chi connectivity index (χ1) is 11.7. The van der Waals surface area contributed by atoms with E-state index in [0.717, 1.165) is 12.8 Å². The zero-order chi connectivity index (χ0) is 18.8. The van der Waals surface area contributed by atoms with Crippen LogP contribution < -0.4 is 5.32 Å². The molecule has 2 unspecified atom stereocenters. The number of carbonyl (C=O) groups excluding carboxylic acids is 1. The van der Waals surface area contributed by atoms with Crippen LogP contribution in [0.5, 0.6) is 0 Å². The van der Waals surface area contributed by atoms with Gasteiger partial charge in [-0.3, -0.25) is 24.4 Å². The molecule has 0 aromatic carbocycles. The van der Waals surface area contributed by atoms with Gasteiger partial charge in [0.1, 0.15) is 11.4 Å². The van der Waals surface area contributed by atoms with Crippen molar-refractivity contribution in [3.05, 3.63) is 21.5 Å². The van der Waals surface area contributed by atoms with Crippen LogP contribution in [0.1, 0.15) is 50.4 Å². The van der Waals surface area contributed by atoms with E-state index in [0.29, 0.717) is 24.2 Å². The molecule has 0 saturated heterocycles. The highest BCUT2D eigenvalue weighted by atomic mass is 16.6. The van der Waals surface area contributed by atoms with Gasteiger partial charge >= 0.3 is 11.7 Å². The third-order valence-electron chi connectivity index (χ3n) is 5.01. The van der Waals surface area contributed by atoms with Crippen LogP contribution in [-0.4, -0.2) is 37.2 Å². The molecule has 2 rings (SSSR count). The molecule has 2 atom stereocenters. The van der Waals surface area contributed by atoms with E-state index < -0.39 is 22.3 Å². The number of carboxylic acid groups (broad SMARTS) is 1. The Balaban J connectivity index is 2.02. The molecule has 2 N–H and O–H groups in total. The van der Waals surface area contributed by atoms with Crippen molar-refractivity contribution >= 4 is 17.6 Å². The van der Waals surface area contributed by atoms with Crippen molar-refractivity contribution in [2.75, 3.05) is 0 Å². The van der Waals surface area contributed by atoms with Gasteiger partial charge in [0, 0.05) is 6.42 Å². The molecule has 9 heteroatoms. The van der Waals surface area contributed by atoms with Gasteiger partial charge < -0.3 is 10.4 Å². The third kappa shape index (κ3) is 3.97. The molecular formula is C16H24N4O5. The van der Waals surface area contributed by atoms with Gasteiger partial charge in [0.25, 0.3) is 0 Å². The second-order valence-corrected chi connectivity index (χ2v) is 6.85. The number of nitrogens with zero attached hydrogens (tertiary/aromatic N) is 3. The Morgan fingerprint density at radius 1 is 1.44 bits per heavy atom. The molecule has 1 aliphatic carbocycles. The smallest absolute Gasteiger partial charge is 0.312 e. The summed E-state index contributed by atoms with van der Waals surface area (Å²) in [5, 5.41) is 27.4. The number of aryl methyl sites for hydroxylation is 2. The number of amides is 1. The first-order valence-electron chi connectivity index (χ1n) is 8.38. The Hall–Kier alpha value is -2.45. The highest BCUT2D eigenvalue weighted by Gasteiger charge is 2.42. The number of aromatic nitrogens is 2. The van der Waals surface area contributed by atoms with Gasteiger partial charge in [0.15, 0.2) is 0 Å². The maximum atomic E-state index is 12.3. The largest absolute Gasteiger partial charge is 0.481 e. The molecule has 1 saturated carbocycles. The molecule has 0 spiro atoms. The maximum absolute atomic E-state index is 12.3. The van der Waals surface area contributed by atoms with E-state index in [2.05, 4.69) is 10.4 Å². The van der Waals surface area contributed by atoms with Crippen molar-refractivity contribution in [2.45, 2.75) is 65.0 Å². The van der Waals surface area contributed by atoms with E-state index in [1.54, 1.807) is 20.8 Å². The number of carbonyl (C=O) groups is 2. The molecule has 1 aromatic heterocycles. The Morgan fingerprint density at radius 3 is 2.68 bits per heavy atom. The summed E-state index contributed by atoms with van der Waals surface area (Å²) in [4.78, 5) is 34.3. The van der Waals surface area contributed by atoms with Crippen LogP contribution in [0.2, 0.25) is 0 Å². The predicted molar refractivity (Wildman–Crippen MR) is 89.1 cm³/mol. The molecule has 25 heavy (non-hydrogen) atoms. The molecule has 9 nitrogen and oxygen atoms in total. The van der Waals surface area contributed by atoms with Crippen LogP contribution in [0, 0.1) is 29.9 Å². The molecule has 1 fully saturated rings. The highest BCUT2D eigenvalue weighted by molar-refractivity contribution is 5.79. The highest BCUT2D eigenvalue weighted by Crippen LogP contribution is 2.34. The second-order valence-electron chi connectivity index (χ2n) is 6.85. The minimum absolute atomic E-state index is 0.0365. The van der Waals surface area contributed by atoms with Crippen LogP contribution in [0.3, 0.4) is 0 Å². The first kappa shape index (κ1) is 18.9. The van der Waals surface area contributed by atoms with Crippen molar-refractivity contribution in [2.24, 2.45) is 5.92 Å². The second kappa shape index (κ2) is 7.20. The van der Waals surface area contributed by atoms with E-state index >= 15 is 0 Å². The zero-order valence-corrected chi connectivity index (χ0v) is 14.7. The van der Waals surface area contributed by atoms with Gasteiger partial charge in [0.2, 0.25) is 5.91 Å². The number of carboxylic acids is 1. The topological polar surface area (TPSA) is 127 Å². The summed E-state index contributed by atoms with van der Waals surface area (Å²) in [6.45, 7) is 5.14. The fraction of sp³-hybridized carbons (Fsp3) is 0.688. The SMILES string of the molecule is Cc1nn(CCC(=O)NC2(C)CCCCC2C(=O)O)c(C)c1[N+](=O)[O-]. The maximum Gasteiger partial charge on any atom is 0.312 e. The summed E-state index contributed by atoms with van der Waals surface area (Å²) in [6, 6.07) is 0. The normalized spacial score (nSPS) is 23.2. The summed E-state index contributed by atoms with van der Waals surface area (Å²) in [6.07, 6.45) is 2.99. The molecule has 1 amide bonds. The van der Waals surface area contributed by atoms with Gasteiger partial charge in [-0.1, -0.05) is 12.8 Å². The Kier molecular flexibility index (Phi) is 5.44. The van der Waals surface area contributed by atoms with Crippen LogP contribution in [0.25, 0.3) is 0 Å². The number of nitrogens with one attached hydrogen (secondary N) is 1. The molecular weight excluding hydrogens is 328 g/mol. The Morgan fingerprint density at radius 2 is 2.12 bits per heavy atom. The summed E-state index contributed by atoms with van der Waals surface area (Å²) in [5.41, 5.74) is -0.0799. The third-order valence-corrected chi connectivity index (χ3v) is 5.01. The minimum Gasteiger partial charge on any atom is -0.481 e. The van der Waals surface area contributed by atoms with Gasteiger partial charge in [0.05, 0.1) is 22.9 Å². The van der Waals surface area contributed by atoms with E-state index in [1.807, 2.05) is 0 Å². The standard InChI is InChI=1S/C16H24N4O5/c1-10-14(20(24)25)11(2)19(18-10)9-7-13(21)17-16(3)8-5-4-6-12(16)15(22)23/h12H,4-9H2,1-3H3,(H,17,21)(H,22,23). The fourth-order valence-electron chi connectivity index (χ4n) is 3.64. The average Bonchev–Trinajstić information content (AvgIpc) is 2.79. The van der Waals surface area contributed by atoms with Crippen LogP contribution in [0.15, 0.2) is 0 Å². The lowest BCUT2D eigenvalue weighted by Crippen LogP contribution is -2.55. The number of nitro groups is 1. The Bertz CT molecular complexity index is 699. The molecule has 1 aliphatic rings. The summed E-state index contributed by atoms with van der Waals surface area (Å²) < 4.78 is 1.45.